The minimum Gasteiger partial charge on any atom is -0.103 e. The molecule has 0 atom stereocenters. The Kier molecular flexibility index (Phi) is 4.00. The Hall–Kier alpha value is -1.53. The average molecular weight is 243 g/mol. The third-order valence-corrected chi connectivity index (χ3v) is 3.02. The van der Waals surface area contributed by atoms with E-state index in [1.54, 1.807) is 0 Å². The van der Waals surface area contributed by atoms with E-state index in [1.807, 2.05) is 30.3 Å². The Bertz CT molecular complexity index is 480. The first-order chi connectivity index (χ1) is 8.29. The average Bonchev–Trinajstić information content (AvgIpc) is 2.38. The minimum absolute atomic E-state index is 0.774. The zero-order valence-electron chi connectivity index (χ0n) is 9.70. The van der Waals surface area contributed by atoms with Crippen molar-refractivity contribution in [1.82, 2.24) is 0 Å². The fourth-order valence-electron chi connectivity index (χ4n) is 1.77. The summed E-state index contributed by atoms with van der Waals surface area (Å²) in [6, 6.07) is 16.6. The van der Waals surface area contributed by atoms with Gasteiger partial charge in [-0.1, -0.05) is 54.1 Å². The summed E-state index contributed by atoms with van der Waals surface area (Å²) in [6.45, 7) is 3.74. The van der Waals surface area contributed by atoms with E-state index in [1.165, 1.54) is 16.7 Å². The topological polar surface area (TPSA) is 0 Å². The Balaban J connectivity index is 2.17. The lowest BCUT2D eigenvalue weighted by Gasteiger charge is -2.04. The van der Waals surface area contributed by atoms with Crippen molar-refractivity contribution in [3.8, 4) is 11.1 Å². The zero-order valence-corrected chi connectivity index (χ0v) is 10.5. The lowest BCUT2D eigenvalue weighted by molar-refractivity contribution is 1.00. The van der Waals surface area contributed by atoms with E-state index < -0.39 is 0 Å². The lowest BCUT2D eigenvalue weighted by Crippen LogP contribution is -1.83. The summed E-state index contributed by atoms with van der Waals surface area (Å²) in [5.41, 5.74) is 3.77. The maximum Gasteiger partial charge on any atom is 0.0406 e. The molecule has 86 valence electrons. The first-order valence-corrected chi connectivity index (χ1v) is 6.13. The SMILES string of the molecule is C=CCCc1ccc(-c2ccc(Cl)cc2)cc1. The van der Waals surface area contributed by atoms with Gasteiger partial charge in [-0.05, 0) is 41.7 Å². The maximum absolute atomic E-state index is 5.87. The highest BCUT2D eigenvalue weighted by molar-refractivity contribution is 6.30. The second kappa shape index (κ2) is 5.70. The fourth-order valence-corrected chi connectivity index (χ4v) is 1.90. The molecule has 0 fully saturated rings. The molecule has 0 nitrogen and oxygen atoms in total. The molecule has 0 saturated carbocycles. The summed E-state index contributed by atoms with van der Waals surface area (Å²) >= 11 is 5.87. The van der Waals surface area contributed by atoms with Gasteiger partial charge in [-0.25, -0.2) is 0 Å². The van der Waals surface area contributed by atoms with Crippen LogP contribution in [0.15, 0.2) is 61.2 Å². The minimum atomic E-state index is 0.774. The van der Waals surface area contributed by atoms with Gasteiger partial charge in [0.25, 0.3) is 0 Å². The summed E-state index contributed by atoms with van der Waals surface area (Å²) < 4.78 is 0. The highest BCUT2D eigenvalue weighted by Crippen LogP contribution is 2.22. The van der Waals surface area contributed by atoms with Crippen LogP contribution in [-0.4, -0.2) is 0 Å². The first-order valence-electron chi connectivity index (χ1n) is 5.75. The Morgan fingerprint density at radius 2 is 1.41 bits per heavy atom. The van der Waals surface area contributed by atoms with E-state index in [2.05, 4.69) is 30.8 Å². The van der Waals surface area contributed by atoms with Crippen molar-refractivity contribution in [2.24, 2.45) is 0 Å². The van der Waals surface area contributed by atoms with Gasteiger partial charge in [-0.15, -0.1) is 6.58 Å². The molecule has 0 aliphatic carbocycles. The third-order valence-electron chi connectivity index (χ3n) is 2.77. The van der Waals surface area contributed by atoms with E-state index >= 15 is 0 Å². The van der Waals surface area contributed by atoms with Crippen LogP contribution >= 0.6 is 11.6 Å². The molecule has 0 amide bonds. The van der Waals surface area contributed by atoms with Gasteiger partial charge in [-0.3, -0.25) is 0 Å². The van der Waals surface area contributed by atoms with Crippen LogP contribution in [0.4, 0.5) is 0 Å². The van der Waals surface area contributed by atoms with Crippen molar-refractivity contribution in [3.63, 3.8) is 0 Å². The van der Waals surface area contributed by atoms with Crippen LogP contribution in [0.25, 0.3) is 11.1 Å². The summed E-state index contributed by atoms with van der Waals surface area (Å²) in [5, 5.41) is 0.774. The molecule has 0 aromatic heterocycles. The molecule has 2 rings (SSSR count). The van der Waals surface area contributed by atoms with Crippen LogP contribution in [0, 0.1) is 0 Å². The molecule has 2 aromatic carbocycles. The molecule has 0 spiro atoms. The van der Waals surface area contributed by atoms with Gasteiger partial charge in [0.2, 0.25) is 0 Å². The van der Waals surface area contributed by atoms with Gasteiger partial charge in [0.05, 0.1) is 0 Å². The molecular formula is C16H15Cl. The van der Waals surface area contributed by atoms with Gasteiger partial charge in [0.1, 0.15) is 0 Å². The van der Waals surface area contributed by atoms with E-state index in [9.17, 15) is 0 Å². The Morgan fingerprint density at radius 3 is 1.94 bits per heavy atom. The second-order valence-corrected chi connectivity index (χ2v) is 4.47. The largest absolute Gasteiger partial charge is 0.103 e. The molecule has 2 aromatic rings. The summed E-state index contributed by atoms with van der Waals surface area (Å²) in [6.07, 6.45) is 4.04. The molecular weight excluding hydrogens is 228 g/mol. The molecule has 0 N–H and O–H groups in total. The van der Waals surface area contributed by atoms with Gasteiger partial charge >= 0.3 is 0 Å². The molecule has 0 aliphatic heterocycles. The van der Waals surface area contributed by atoms with Gasteiger partial charge in [0, 0.05) is 5.02 Å². The molecule has 0 radical (unpaired) electrons. The summed E-state index contributed by atoms with van der Waals surface area (Å²) in [7, 11) is 0. The molecule has 0 saturated heterocycles. The molecule has 17 heavy (non-hydrogen) atoms. The Labute approximate surface area is 108 Å². The molecule has 0 bridgehead atoms. The quantitative estimate of drug-likeness (QED) is 0.653. The highest BCUT2D eigenvalue weighted by Gasteiger charge is 1.98. The number of benzene rings is 2. The van der Waals surface area contributed by atoms with Crippen LogP contribution in [0.3, 0.4) is 0 Å². The maximum atomic E-state index is 5.87. The normalized spacial score (nSPS) is 10.2. The van der Waals surface area contributed by atoms with E-state index in [0.717, 1.165) is 17.9 Å². The zero-order chi connectivity index (χ0) is 12.1. The molecule has 1 heteroatoms. The number of rotatable bonds is 4. The van der Waals surface area contributed by atoms with Crippen molar-refractivity contribution in [1.29, 1.82) is 0 Å². The molecule has 0 unspecified atom stereocenters. The van der Waals surface area contributed by atoms with E-state index in [-0.39, 0.29) is 0 Å². The number of aryl methyl sites for hydroxylation is 1. The number of allylic oxidation sites excluding steroid dienone is 1. The molecule has 0 aliphatic rings. The van der Waals surface area contributed by atoms with Gasteiger partial charge in [-0.2, -0.15) is 0 Å². The highest BCUT2D eigenvalue weighted by atomic mass is 35.5. The number of hydrogen-bond acceptors (Lipinski definition) is 0. The number of hydrogen-bond donors (Lipinski definition) is 0. The summed E-state index contributed by atoms with van der Waals surface area (Å²) in [5.74, 6) is 0. The van der Waals surface area contributed by atoms with Crippen LogP contribution in [0.5, 0.6) is 0 Å². The first kappa shape index (κ1) is 11.9. The third kappa shape index (κ3) is 3.21. The van der Waals surface area contributed by atoms with Crippen molar-refractivity contribution < 1.29 is 0 Å². The van der Waals surface area contributed by atoms with Crippen molar-refractivity contribution in [3.05, 3.63) is 71.8 Å². The summed E-state index contributed by atoms with van der Waals surface area (Å²) in [4.78, 5) is 0. The molecule has 0 heterocycles. The van der Waals surface area contributed by atoms with E-state index in [4.69, 9.17) is 11.6 Å². The van der Waals surface area contributed by atoms with Crippen molar-refractivity contribution >= 4 is 11.6 Å². The van der Waals surface area contributed by atoms with Crippen LogP contribution in [0.1, 0.15) is 12.0 Å². The fraction of sp³-hybridized carbons (Fsp3) is 0.125. The van der Waals surface area contributed by atoms with Crippen molar-refractivity contribution in [2.75, 3.05) is 0 Å². The lowest BCUT2D eigenvalue weighted by atomic mass is 10.0. The smallest absolute Gasteiger partial charge is 0.0406 e. The predicted octanol–water partition coefficient (Wildman–Crippen LogP) is 5.13. The monoisotopic (exact) mass is 242 g/mol. The standard InChI is InChI=1S/C16H15Cl/c1-2-3-4-13-5-7-14(8-6-13)15-9-11-16(17)12-10-15/h2,5-12H,1,3-4H2. The number of halogens is 1. The Morgan fingerprint density at radius 1 is 0.882 bits per heavy atom. The van der Waals surface area contributed by atoms with Crippen LogP contribution < -0.4 is 0 Å². The van der Waals surface area contributed by atoms with Crippen LogP contribution in [-0.2, 0) is 6.42 Å². The van der Waals surface area contributed by atoms with Crippen LogP contribution in [0.2, 0.25) is 5.02 Å². The van der Waals surface area contributed by atoms with E-state index in [0.29, 0.717) is 0 Å². The van der Waals surface area contributed by atoms with Gasteiger partial charge in [0.15, 0.2) is 0 Å². The van der Waals surface area contributed by atoms with Crippen molar-refractivity contribution in [2.45, 2.75) is 12.8 Å². The van der Waals surface area contributed by atoms with Gasteiger partial charge < -0.3 is 0 Å². The predicted molar refractivity (Wildman–Crippen MR) is 75.4 cm³/mol. The second-order valence-electron chi connectivity index (χ2n) is 4.03.